The molecule has 0 radical (unpaired) electrons. The average molecular weight is 683 g/mol. The quantitative estimate of drug-likeness (QED) is 0.172. The topological polar surface area (TPSA) is 82.1 Å². The largest absolute Gasteiger partial charge is 0.389 e. The van der Waals surface area contributed by atoms with Crippen LogP contribution in [-0.4, -0.2) is 53.0 Å². The number of nitrogens with two attached hydrogens (primary N) is 1. The number of hydrogen-bond donors (Lipinski definition) is 1. The number of fused-ring (bicyclic) bond motifs is 3. The molecule has 2 saturated carbocycles. The molecule has 4 fully saturated rings. The number of aromatic nitrogens is 2. The number of benzene rings is 2. The Kier molecular flexibility index (Phi) is 8.34. The molecule has 3 aliphatic heterocycles. The number of alkyl halides is 2. The molecule has 47 heavy (non-hydrogen) atoms. The van der Waals surface area contributed by atoms with Gasteiger partial charge in [0.05, 0.1) is 20.7 Å². The Balaban J connectivity index is 0.000000247. The zero-order chi connectivity index (χ0) is 33.2. The standard InChI is InChI=1S/C26H20ClF2N5S.C8H13N.CH2F2/c1-2-16-32-22-19-13(4-3-7-34(25(19)33-16)26-8-11(26)9-26)20(27)18(21(22)29)12-5-6-15(28)23-17(12)14(10-30)24(31)35-23;1-7-5-8-3-2-4-9(8)6-7;2-1-3/h5-6,11H,2-4,7-9,31H2,1H3;8H,1-6H2;1H2. The van der Waals surface area contributed by atoms with Crippen LogP contribution in [0.2, 0.25) is 5.02 Å². The van der Waals surface area contributed by atoms with Crippen molar-refractivity contribution >= 4 is 54.7 Å². The molecule has 5 heterocycles. The third kappa shape index (κ3) is 5.24. The molecule has 1 atom stereocenters. The Morgan fingerprint density at radius 3 is 2.57 bits per heavy atom. The predicted octanol–water partition coefficient (Wildman–Crippen LogP) is 8.67. The van der Waals surface area contributed by atoms with Gasteiger partial charge in [0.25, 0.3) is 0 Å². The van der Waals surface area contributed by atoms with E-state index >= 15 is 4.39 Å². The Bertz CT molecular complexity index is 1950. The summed E-state index contributed by atoms with van der Waals surface area (Å²) in [5, 5.41) is 11.2. The summed E-state index contributed by atoms with van der Waals surface area (Å²) in [5.41, 5.74) is 9.33. The van der Waals surface area contributed by atoms with E-state index < -0.39 is 18.6 Å². The third-order valence-electron chi connectivity index (χ3n) is 10.4. The molecule has 2 saturated heterocycles. The van der Waals surface area contributed by atoms with E-state index in [2.05, 4.69) is 27.4 Å². The van der Waals surface area contributed by atoms with Crippen LogP contribution in [-0.2, 0) is 12.8 Å². The van der Waals surface area contributed by atoms with Crippen molar-refractivity contribution < 1.29 is 17.6 Å². The lowest BCUT2D eigenvalue weighted by molar-refractivity contribution is 0.295. The monoisotopic (exact) mass is 682 g/mol. The van der Waals surface area contributed by atoms with E-state index in [0.717, 1.165) is 54.6 Å². The van der Waals surface area contributed by atoms with E-state index in [1.54, 1.807) is 0 Å². The van der Waals surface area contributed by atoms with Gasteiger partial charge in [-0.2, -0.15) is 5.26 Å². The zero-order valence-corrected chi connectivity index (χ0v) is 27.7. The van der Waals surface area contributed by atoms with Crippen LogP contribution < -0.4 is 10.6 Å². The molecule has 12 heteroatoms. The van der Waals surface area contributed by atoms with E-state index in [1.807, 2.05) is 6.92 Å². The molecule has 246 valence electrons. The molecule has 2 N–H and O–H groups in total. The number of halogens is 5. The molecular weight excluding hydrogens is 648 g/mol. The van der Waals surface area contributed by atoms with Crippen LogP contribution in [0.5, 0.6) is 0 Å². The second-order valence-electron chi connectivity index (χ2n) is 13.1. The number of hydrogen-bond acceptors (Lipinski definition) is 7. The molecule has 6 nitrogen and oxygen atoms in total. The van der Waals surface area contributed by atoms with Crippen LogP contribution in [0.4, 0.5) is 28.4 Å². The Hall–Kier alpha value is -3.46. The lowest BCUT2D eigenvalue weighted by Gasteiger charge is -2.27. The van der Waals surface area contributed by atoms with Gasteiger partial charge in [-0.05, 0) is 74.6 Å². The smallest absolute Gasteiger partial charge is 0.229 e. The van der Waals surface area contributed by atoms with E-state index in [-0.39, 0.29) is 36.9 Å². The Morgan fingerprint density at radius 1 is 1.17 bits per heavy atom. The molecule has 0 amide bonds. The van der Waals surface area contributed by atoms with Crippen LogP contribution in [0.3, 0.4) is 0 Å². The van der Waals surface area contributed by atoms with Crippen molar-refractivity contribution in [2.75, 3.05) is 37.2 Å². The number of thiophene rings is 1. The first-order chi connectivity index (χ1) is 22.7. The van der Waals surface area contributed by atoms with Crippen molar-refractivity contribution in [3.8, 4) is 17.2 Å². The molecule has 0 spiro atoms. The molecule has 4 aromatic rings. The van der Waals surface area contributed by atoms with E-state index in [9.17, 15) is 18.4 Å². The minimum Gasteiger partial charge on any atom is -0.389 e. The molecule has 0 bridgehead atoms. The Morgan fingerprint density at radius 2 is 1.91 bits per heavy atom. The van der Waals surface area contributed by atoms with Crippen LogP contribution >= 0.6 is 22.9 Å². The molecule has 1 unspecified atom stereocenters. The van der Waals surface area contributed by atoms with Gasteiger partial charge < -0.3 is 10.6 Å². The second-order valence-corrected chi connectivity index (χ2v) is 14.5. The lowest BCUT2D eigenvalue weighted by atomic mass is 9.93. The number of rotatable bonds is 3. The first kappa shape index (κ1) is 32.1. The summed E-state index contributed by atoms with van der Waals surface area (Å²) in [6, 6.07) is 5.71. The van der Waals surface area contributed by atoms with Crippen molar-refractivity contribution in [3.63, 3.8) is 0 Å². The molecule has 5 aliphatic rings. The highest BCUT2D eigenvalue weighted by atomic mass is 35.5. The van der Waals surface area contributed by atoms with Gasteiger partial charge >= 0.3 is 0 Å². The Labute approximate surface area is 279 Å². The van der Waals surface area contributed by atoms with Gasteiger partial charge in [-0.1, -0.05) is 36.7 Å². The first-order valence-electron chi connectivity index (χ1n) is 16.1. The summed E-state index contributed by atoms with van der Waals surface area (Å²) in [6.07, 6.45) is 8.52. The fourth-order valence-corrected chi connectivity index (χ4v) is 9.15. The third-order valence-corrected chi connectivity index (χ3v) is 11.8. The van der Waals surface area contributed by atoms with Gasteiger partial charge in [0.15, 0.2) is 5.82 Å². The van der Waals surface area contributed by atoms with Gasteiger partial charge in [0.2, 0.25) is 6.93 Å². The molecule has 2 aromatic carbocycles. The number of nitrogens with zero attached hydrogens (tertiary/aromatic N) is 5. The second kappa shape index (κ2) is 12.2. The summed E-state index contributed by atoms with van der Waals surface area (Å²) in [6.45, 7) is 7.55. The minimum absolute atomic E-state index is 0.136. The maximum absolute atomic E-state index is 16.5. The van der Waals surface area contributed by atoms with Crippen LogP contribution in [0, 0.1) is 28.9 Å². The van der Waals surface area contributed by atoms with Crippen molar-refractivity contribution in [1.29, 1.82) is 5.26 Å². The molecule has 9 rings (SSSR count). The maximum atomic E-state index is 16.5. The lowest BCUT2D eigenvalue weighted by Crippen LogP contribution is -2.33. The normalized spacial score (nSPS) is 23.8. The summed E-state index contributed by atoms with van der Waals surface area (Å²) < 4.78 is 50.7. The van der Waals surface area contributed by atoms with Gasteiger partial charge in [-0.15, -0.1) is 11.3 Å². The molecule has 2 aromatic heterocycles. The zero-order valence-electron chi connectivity index (χ0n) is 26.1. The highest BCUT2D eigenvalue weighted by molar-refractivity contribution is 7.23. The van der Waals surface area contributed by atoms with Gasteiger partial charge in [0, 0.05) is 42.0 Å². The number of anilines is 2. The predicted molar refractivity (Wildman–Crippen MR) is 180 cm³/mol. The van der Waals surface area contributed by atoms with Crippen LogP contribution in [0.25, 0.3) is 32.1 Å². The van der Waals surface area contributed by atoms with Crippen LogP contribution in [0.15, 0.2) is 24.3 Å². The van der Waals surface area contributed by atoms with Gasteiger partial charge in [-0.3, -0.25) is 4.90 Å². The maximum Gasteiger partial charge on any atom is 0.229 e. The minimum atomic E-state index is -1.75. The highest BCUT2D eigenvalue weighted by Crippen LogP contribution is 2.71. The van der Waals surface area contributed by atoms with Gasteiger partial charge in [0.1, 0.15) is 34.0 Å². The summed E-state index contributed by atoms with van der Waals surface area (Å²) in [7, 11) is 0. The van der Waals surface area contributed by atoms with E-state index in [0.29, 0.717) is 40.9 Å². The van der Waals surface area contributed by atoms with Crippen molar-refractivity contribution in [3.05, 3.63) is 57.9 Å². The van der Waals surface area contributed by atoms with Gasteiger partial charge in [-0.25, -0.2) is 27.5 Å². The number of nitrogen functional groups attached to an aromatic ring is 1. The highest BCUT2D eigenvalue weighted by Gasteiger charge is 2.73. The first-order valence-corrected chi connectivity index (χ1v) is 17.3. The summed E-state index contributed by atoms with van der Waals surface area (Å²) >= 11 is 7.98. The number of aryl methyl sites for hydroxylation is 2. The molecule has 2 aliphatic carbocycles. The van der Waals surface area contributed by atoms with Crippen molar-refractivity contribution in [2.45, 2.75) is 69.9 Å². The fraction of sp³-hybridized carbons (Fsp3) is 0.457. The van der Waals surface area contributed by atoms with Crippen LogP contribution in [0.1, 0.15) is 62.4 Å². The van der Waals surface area contributed by atoms with E-state index in [4.69, 9.17) is 22.3 Å². The number of nitriles is 1. The van der Waals surface area contributed by atoms with Crippen molar-refractivity contribution in [1.82, 2.24) is 14.9 Å². The van der Waals surface area contributed by atoms with Crippen molar-refractivity contribution in [2.24, 2.45) is 5.92 Å². The summed E-state index contributed by atoms with van der Waals surface area (Å²) in [5.74, 6) is 0.992. The summed E-state index contributed by atoms with van der Waals surface area (Å²) in [4.78, 5) is 14.4. The fourth-order valence-electron chi connectivity index (χ4n) is 7.83. The SMILES string of the molecule is C=C1CC2CCCN2C1.CCc1nc2c3c(c(Cl)c(-c4ccc(F)c5sc(N)c(C#N)c45)c(F)c3n1)CCCN2C12CC1C2.FCF. The van der Waals surface area contributed by atoms with E-state index in [1.165, 1.54) is 50.1 Å². The molecular formula is C35H35ClF4N6S. The average Bonchev–Trinajstić information content (AvgIpc) is 3.77.